The number of nitrogens with one attached hydrogen (secondary N) is 2. The number of thiophene rings is 1. The van der Waals surface area contributed by atoms with Gasteiger partial charge in [-0.05, 0) is 81.5 Å². The molecule has 1 atom stereocenters. The number of hydrogen-bond acceptors (Lipinski definition) is 9. The Morgan fingerprint density at radius 3 is 2.57 bits per heavy atom. The van der Waals surface area contributed by atoms with Gasteiger partial charge in [-0.2, -0.15) is 0 Å². The first-order valence-electron chi connectivity index (χ1n) is 14.3. The molecule has 5 rings (SSSR count). The summed E-state index contributed by atoms with van der Waals surface area (Å²) in [5.41, 5.74) is 1.97. The molecule has 230 valence electrons. The monoisotopic (exact) mass is 637 g/mol. The summed E-state index contributed by atoms with van der Waals surface area (Å²) < 4.78 is 26.2. The number of hydrogen-bond donors (Lipinski definition) is 2. The van der Waals surface area contributed by atoms with Crippen LogP contribution in [0.15, 0.2) is 59.8 Å². The summed E-state index contributed by atoms with van der Waals surface area (Å²) in [6, 6.07) is 14.7. The van der Waals surface area contributed by atoms with Gasteiger partial charge in [0.2, 0.25) is 5.91 Å². The van der Waals surface area contributed by atoms with Gasteiger partial charge < -0.3 is 20.1 Å². The molecule has 1 aliphatic rings. The molecule has 13 heteroatoms. The zero-order chi connectivity index (χ0) is 31.1. The predicted molar refractivity (Wildman–Crippen MR) is 166 cm³/mol. The molecule has 2 heterocycles. The molecule has 0 spiro atoms. The van der Waals surface area contributed by atoms with Gasteiger partial charge >= 0.3 is 5.97 Å². The molecule has 0 fully saturated rings. The fourth-order valence-corrected chi connectivity index (χ4v) is 6.90. The second-order valence-corrected chi connectivity index (χ2v) is 12.4. The van der Waals surface area contributed by atoms with Crippen LogP contribution in [0.4, 0.5) is 9.39 Å². The Hall–Kier alpha value is -4.23. The summed E-state index contributed by atoms with van der Waals surface area (Å²) in [5.74, 6) is -0.566. The molecule has 2 aromatic heterocycles. The van der Waals surface area contributed by atoms with Gasteiger partial charge in [0, 0.05) is 10.6 Å². The summed E-state index contributed by atoms with van der Waals surface area (Å²) in [6.07, 6.45) is 3.67. The van der Waals surface area contributed by atoms with Crippen LogP contribution in [-0.4, -0.2) is 51.0 Å². The number of nitrogens with zero attached hydrogens (tertiary/aromatic N) is 3. The van der Waals surface area contributed by atoms with Gasteiger partial charge in [0.05, 0.1) is 24.0 Å². The highest BCUT2D eigenvalue weighted by molar-refractivity contribution is 8.00. The van der Waals surface area contributed by atoms with E-state index in [9.17, 15) is 18.8 Å². The van der Waals surface area contributed by atoms with Crippen molar-refractivity contribution >= 4 is 45.9 Å². The third kappa shape index (κ3) is 7.45. The quantitative estimate of drug-likeness (QED) is 0.158. The number of benzene rings is 2. The number of carbonyl (C=O) groups is 3. The number of ether oxygens (including phenoxy) is 2. The van der Waals surface area contributed by atoms with Crippen LogP contribution in [0.5, 0.6) is 5.75 Å². The fraction of sp³-hybridized carbons (Fsp3) is 0.323. The molecule has 0 saturated carbocycles. The van der Waals surface area contributed by atoms with Crippen molar-refractivity contribution in [3.05, 3.63) is 82.2 Å². The van der Waals surface area contributed by atoms with Crippen LogP contribution < -0.4 is 15.4 Å². The molecular formula is C31H32FN5O5S2. The fourth-order valence-electron chi connectivity index (χ4n) is 4.73. The van der Waals surface area contributed by atoms with E-state index in [1.807, 2.05) is 18.2 Å². The maximum atomic E-state index is 13.8. The van der Waals surface area contributed by atoms with Crippen molar-refractivity contribution in [3.8, 4) is 11.4 Å². The second kappa shape index (κ2) is 14.5. The number of carbonyl (C=O) groups excluding carboxylic acids is 3. The molecule has 1 aliphatic carbocycles. The van der Waals surface area contributed by atoms with Crippen molar-refractivity contribution in [2.24, 2.45) is 0 Å². The van der Waals surface area contributed by atoms with Crippen molar-refractivity contribution in [1.29, 1.82) is 0 Å². The van der Waals surface area contributed by atoms with E-state index < -0.39 is 17.0 Å². The third-order valence-electron chi connectivity index (χ3n) is 6.88. The maximum absolute atomic E-state index is 13.8. The van der Waals surface area contributed by atoms with Crippen LogP contribution in [0, 0.1) is 5.82 Å². The van der Waals surface area contributed by atoms with Crippen LogP contribution in [0.1, 0.15) is 53.3 Å². The summed E-state index contributed by atoms with van der Waals surface area (Å²) in [7, 11) is 0. The lowest BCUT2D eigenvalue weighted by atomic mass is 9.95. The van der Waals surface area contributed by atoms with Gasteiger partial charge in [0.25, 0.3) is 5.91 Å². The lowest BCUT2D eigenvalue weighted by Gasteiger charge is -2.15. The molecule has 2 aromatic carbocycles. The number of thioether (sulfide) groups is 1. The predicted octanol–water partition coefficient (Wildman–Crippen LogP) is 5.34. The number of aryl methyl sites for hydroxylation is 1. The first-order valence-corrected chi connectivity index (χ1v) is 16.0. The zero-order valence-electron chi connectivity index (χ0n) is 24.3. The Morgan fingerprint density at radius 1 is 1.07 bits per heavy atom. The lowest BCUT2D eigenvalue weighted by molar-refractivity contribution is -0.123. The van der Waals surface area contributed by atoms with Crippen molar-refractivity contribution in [3.63, 3.8) is 0 Å². The number of anilines is 1. The minimum absolute atomic E-state index is 0.0200. The number of esters is 1. The Bertz CT molecular complexity index is 1620. The molecule has 0 saturated heterocycles. The Labute approximate surface area is 262 Å². The van der Waals surface area contributed by atoms with Gasteiger partial charge in [0.15, 0.2) is 17.6 Å². The van der Waals surface area contributed by atoms with Crippen LogP contribution >= 0.6 is 23.1 Å². The average molecular weight is 638 g/mol. The highest BCUT2D eigenvalue weighted by atomic mass is 32.2. The minimum Gasteiger partial charge on any atom is -0.484 e. The van der Waals surface area contributed by atoms with Crippen LogP contribution in [0.2, 0.25) is 0 Å². The van der Waals surface area contributed by atoms with Crippen LogP contribution in [0.3, 0.4) is 0 Å². The Morgan fingerprint density at radius 2 is 1.82 bits per heavy atom. The SMILES string of the molecule is CCOC(=O)c1c(NC(=O)C(C)Sc2nnc(CNC(=O)COc3ccccc3)n2-c2ccc(F)cc2)sc2c1CCCC2. The second-order valence-electron chi connectivity index (χ2n) is 9.97. The normalized spacial score (nSPS) is 13.1. The van der Waals surface area contributed by atoms with E-state index in [0.29, 0.717) is 33.0 Å². The summed E-state index contributed by atoms with van der Waals surface area (Å²) in [4.78, 5) is 39.8. The molecular weight excluding hydrogens is 606 g/mol. The summed E-state index contributed by atoms with van der Waals surface area (Å²) in [6.45, 7) is 3.55. The van der Waals surface area contributed by atoms with Crippen LogP contribution in [-0.2, 0) is 33.7 Å². The van der Waals surface area contributed by atoms with E-state index in [0.717, 1.165) is 47.9 Å². The van der Waals surface area contributed by atoms with E-state index in [4.69, 9.17) is 9.47 Å². The highest BCUT2D eigenvalue weighted by Gasteiger charge is 2.29. The van der Waals surface area contributed by atoms with E-state index in [1.54, 1.807) is 42.7 Å². The molecule has 2 amide bonds. The smallest absolute Gasteiger partial charge is 0.341 e. The number of para-hydroxylation sites is 1. The molecule has 10 nitrogen and oxygen atoms in total. The number of amides is 2. The molecule has 44 heavy (non-hydrogen) atoms. The lowest BCUT2D eigenvalue weighted by Crippen LogP contribution is -2.29. The van der Waals surface area contributed by atoms with Gasteiger partial charge in [-0.15, -0.1) is 21.5 Å². The Balaban J connectivity index is 1.31. The van der Waals surface area contributed by atoms with E-state index in [1.165, 1.54) is 23.5 Å². The van der Waals surface area contributed by atoms with E-state index in [-0.39, 0.29) is 31.6 Å². The van der Waals surface area contributed by atoms with Gasteiger partial charge in [-0.25, -0.2) is 9.18 Å². The molecule has 1 unspecified atom stereocenters. The third-order valence-corrected chi connectivity index (χ3v) is 9.13. The Kier molecular flexibility index (Phi) is 10.3. The molecule has 0 radical (unpaired) electrons. The maximum Gasteiger partial charge on any atom is 0.341 e. The number of halogens is 1. The topological polar surface area (TPSA) is 124 Å². The first kappa shape index (κ1) is 31.2. The van der Waals surface area contributed by atoms with Gasteiger partial charge in [-0.3, -0.25) is 14.2 Å². The van der Waals surface area contributed by atoms with Crippen LogP contribution in [0.25, 0.3) is 5.69 Å². The van der Waals surface area contributed by atoms with Gasteiger partial charge in [0.1, 0.15) is 16.6 Å². The van der Waals surface area contributed by atoms with E-state index >= 15 is 0 Å². The average Bonchev–Trinajstić information content (AvgIpc) is 3.60. The molecule has 4 aromatic rings. The largest absolute Gasteiger partial charge is 0.484 e. The first-order chi connectivity index (χ1) is 21.3. The zero-order valence-corrected chi connectivity index (χ0v) is 25.9. The standard InChI is InChI=1S/C31H32FN5O5S2/c1-3-41-30(40)27-23-11-7-8-12-24(23)44-29(27)34-28(39)19(2)43-31-36-35-25(37(31)21-15-13-20(32)14-16-21)17-33-26(38)18-42-22-9-5-4-6-10-22/h4-6,9-10,13-16,19H,3,7-8,11-12,17-18H2,1-2H3,(H,33,38)(H,34,39). The number of aromatic nitrogens is 3. The van der Waals surface area contributed by atoms with Gasteiger partial charge in [-0.1, -0.05) is 30.0 Å². The number of rotatable bonds is 12. The molecule has 0 bridgehead atoms. The van der Waals surface area contributed by atoms with E-state index in [2.05, 4.69) is 20.8 Å². The van der Waals surface area contributed by atoms with Crippen molar-refractivity contribution in [1.82, 2.24) is 20.1 Å². The van der Waals surface area contributed by atoms with Crippen molar-refractivity contribution in [2.75, 3.05) is 18.5 Å². The summed E-state index contributed by atoms with van der Waals surface area (Å²) in [5, 5.41) is 14.5. The van der Waals surface area contributed by atoms with Crippen molar-refractivity contribution < 1.29 is 28.2 Å². The molecule has 2 N–H and O–H groups in total. The molecule has 0 aliphatic heterocycles. The summed E-state index contributed by atoms with van der Waals surface area (Å²) >= 11 is 2.58. The highest BCUT2D eigenvalue weighted by Crippen LogP contribution is 2.39. The van der Waals surface area contributed by atoms with Crippen molar-refractivity contribution in [2.45, 2.75) is 56.5 Å². The number of fused-ring (bicyclic) bond motifs is 1. The minimum atomic E-state index is -0.644.